The van der Waals surface area contributed by atoms with Gasteiger partial charge in [-0.05, 0) is 17.2 Å². The number of hydrogen-bond acceptors (Lipinski definition) is 2. The predicted octanol–water partition coefficient (Wildman–Crippen LogP) is 1.29. The molecular formula is C20H22N3O2+. The number of benzene rings is 2. The topological polar surface area (TPSA) is 76.6 Å². The lowest BCUT2D eigenvalue weighted by atomic mass is 9.96. The summed E-state index contributed by atoms with van der Waals surface area (Å²) in [6.45, 7) is 1.53. The largest absolute Gasteiger partial charge is 0.351 e. The van der Waals surface area contributed by atoms with Crippen molar-refractivity contribution in [3.63, 3.8) is 0 Å². The molecule has 0 saturated heterocycles. The highest BCUT2D eigenvalue weighted by Crippen LogP contribution is 2.19. The molecule has 0 radical (unpaired) electrons. The van der Waals surface area contributed by atoms with Crippen LogP contribution in [0.1, 0.15) is 23.6 Å². The summed E-state index contributed by atoms with van der Waals surface area (Å²) in [7, 11) is 0. The molecule has 2 atom stereocenters. The summed E-state index contributed by atoms with van der Waals surface area (Å²) in [6.07, 6.45) is 3.06. The van der Waals surface area contributed by atoms with Crippen LogP contribution in [-0.2, 0) is 4.79 Å². The second kappa shape index (κ2) is 7.77. The number of hydrogen-bond donors (Lipinski definition) is 3. The zero-order valence-corrected chi connectivity index (χ0v) is 13.9. The van der Waals surface area contributed by atoms with Crippen LogP contribution < -0.4 is 16.0 Å². The van der Waals surface area contributed by atoms with E-state index < -0.39 is 12.1 Å². The SMILES string of the molecule is NC(=O)NC(=O)[C@@H](c1ccccc1)[NH+]1CC=C(c2ccccc2)CC1. The number of quaternary nitrogens is 1. The number of urea groups is 1. The molecule has 0 fully saturated rings. The molecule has 25 heavy (non-hydrogen) atoms. The molecule has 3 rings (SSSR count). The van der Waals surface area contributed by atoms with Crippen molar-refractivity contribution < 1.29 is 14.5 Å². The van der Waals surface area contributed by atoms with Crippen LogP contribution in [0.25, 0.3) is 5.57 Å². The van der Waals surface area contributed by atoms with Gasteiger partial charge in [0.15, 0.2) is 6.04 Å². The molecule has 1 aliphatic rings. The van der Waals surface area contributed by atoms with Crippen LogP contribution in [0.3, 0.4) is 0 Å². The van der Waals surface area contributed by atoms with Crippen LogP contribution in [-0.4, -0.2) is 25.0 Å². The molecule has 0 saturated carbocycles. The van der Waals surface area contributed by atoms with Crippen LogP contribution in [0.15, 0.2) is 66.7 Å². The predicted molar refractivity (Wildman–Crippen MR) is 96.6 cm³/mol. The fraction of sp³-hybridized carbons (Fsp3) is 0.200. The van der Waals surface area contributed by atoms with E-state index in [0.29, 0.717) is 0 Å². The molecule has 0 bridgehead atoms. The number of rotatable bonds is 4. The molecule has 1 unspecified atom stereocenters. The second-order valence-electron chi connectivity index (χ2n) is 6.15. The molecule has 0 aliphatic carbocycles. The first-order valence-electron chi connectivity index (χ1n) is 8.39. The van der Waals surface area contributed by atoms with Gasteiger partial charge in [0, 0.05) is 12.0 Å². The van der Waals surface area contributed by atoms with E-state index in [0.717, 1.165) is 30.0 Å². The van der Waals surface area contributed by atoms with Crippen LogP contribution in [0.4, 0.5) is 4.79 Å². The fourth-order valence-corrected chi connectivity index (χ4v) is 3.34. The first kappa shape index (κ1) is 16.9. The summed E-state index contributed by atoms with van der Waals surface area (Å²) in [6, 6.07) is 18.5. The Morgan fingerprint density at radius 2 is 1.64 bits per heavy atom. The summed E-state index contributed by atoms with van der Waals surface area (Å²) < 4.78 is 0. The van der Waals surface area contributed by atoms with E-state index in [1.165, 1.54) is 11.1 Å². The van der Waals surface area contributed by atoms with E-state index in [1.54, 1.807) is 0 Å². The Morgan fingerprint density at radius 1 is 1.00 bits per heavy atom. The number of carbonyl (C=O) groups is 2. The highest BCUT2D eigenvalue weighted by Gasteiger charge is 2.33. The lowest BCUT2D eigenvalue weighted by Gasteiger charge is -2.30. The molecule has 1 aliphatic heterocycles. The molecule has 0 aromatic heterocycles. The zero-order valence-electron chi connectivity index (χ0n) is 13.9. The van der Waals surface area contributed by atoms with Gasteiger partial charge in [-0.3, -0.25) is 10.1 Å². The maximum Gasteiger partial charge on any atom is 0.319 e. The van der Waals surface area contributed by atoms with Crippen molar-refractivity contribution in [2.45, 2.75) is 12.5 Å². The van der Waals surface area contributed by atoms with Gasteiger partial charge >= 0.3 is 6.03 Å². The van der Waals surface area contributed by atoms with Crippen LogP contribution in [0.2, 0.25) is 0 Å². The van der Waals surface area contributed by atoms with Crippen LogP contribution in [0.5, 0.6) is 0 Å². The Morgan fingerprint density at radius 3 is 2.20 bits per heavy atom. The van der Waals surface area contributed by atoms with E-state index in [2.05, 4.69) is 23.5 Å². The van der Waals surface area contributed by atoms with Gasteiger partial charge in [0.25, 0.3) is 5.91 Å². The van der Waals surface area contributed by atoms with Gasteiger partial charge in [-0.15, -0.1) is 0 Å². The Hall–Kier alpha value is -2.92. The van der Waals surface area contributed by atoms with Crippen molar-refractivity contribution >= 4 is 17.5 Å². The number of nitrogens with two attached hydrogens (primary N) is 1. The molecule has 5 nitrogen and oxygen atoms in total. The molecule has 2 aromatic rings. The quantitative estimate of drug-likeness (QED) is 0.787. The fourth-order valence-electron chi connectivity index (χ4n) is 3.34. The van der Waals surface area contributed by atoms with Crippen molar-refractivity contribution in [3.8, 4) is 0 Å². The maximum atomic E-state index is 12.6. The van der Waals surface area contributed by atoms with Crippen molar-refractivity contribution in [2.24, 2.45) is 5.73 Å². The van der Waals surface area contributed by atoms with Gasteiger partial charge in [-0.2, -0.15) is 0 Å². The monoisotopic (exact) mass is 336 g/mol. The average molecular weight is 336 g/mol. The van der Waals surface area contributed by atoms with Crippen molar-refractivity contribution in [1.29, 1.82) is 0 Å². The van der Waals surface area contributed by atoms with Gasteiger partial charge < -0.3 is 10.6 Å². The van der Waals surface area contributed by atoms with Gasteiger partial charge in [0.05, 0.1) is 13.1 Å². The van der Waals surface area contributed by atoms with Gasteiger partial charge in [0.2, 0.25) is 0 Å². The Balaban J connectivity index is 1.82. The van der Waals surface area contributed by atoms with Gasteiger partial charge in [-0.1, -0.05) is 60.7 Å². The highest BCUT2D eigenvalue weighted by molar-refractivity contribution is 5.96. The third kappa shape index (κ3) is 4.14. The standard InChI is InChI=1S/C20H21N3O2/c21-20(25)22-19(24)18(17-9-5-2-6-10-17)23-13-11-16(12-14-23)15-7-3-1-4-8-15/h1-11,18H,12-14H2,(H3,21,22,24,25)/p+1/t18-/m1/s1. The molecule has 2 aromatic carbocycles. The molecule has 128 valence electrons. The third-order valence-electron chi connectivity index (χ3n) is 4.52. The summed E-state index contributed by atoms with van der Waals surface area (Å²) in [5, 5.41) is 2.24. The number of nitrogens with one attached hydrogen (secondary N) is 2. The highest BCUT2D eigenvalue weighted by atomic mass is 16.2. The number of imide groups is 1. The summed E-state index contributed by atoms with van der Waals surface area (Å²) in [5.41, 5.74) is 8.55. The summed E-state index contributed by atoms with van der Waals surface area (Å²) >= 11 is 0. The Bertz CT molecular complexity index is 772. The molecule has 5 heteroatoms. The molecule has 0 spiro atoms. The van der Waals surface area contributed by atoms with Crippen molar-refractivity contribution in [3.05, 3.63) is 77.9 Å². The first-order chi connectivity index (χ1) is 12.1. The maximum absolute atomic E-state index is 12.6. The first-order valence-corrected chi connectivity index (χ1v) is 8.39. The number of amides is 3. The Labute approximate surface area is 147 Å². The number of primary amides is 1. The zero-order chi connectivity index (χ0) is 17.6. The van der Waals surface area contributed by atoms with Gasteiger partial charge in [0.1, 0.15) is 0 Å². The smallest absolute Gasteiger partial charge is 0.319 e. The average Bonchev–Trinajstić information content (AvgIpc) is 2.63. The lowest BCUT2D eigenvalue weighted by molar-refractivity contribution is -0.917. The summed E-state index contributed by atoms with van der Waals surface area (Å²) in [5.74, 6) is -0.356. The normalized spacial score (nSPS) is 18.1. The van der Waals surface area contributed by atoms with E-state index in [4.69, 9.17) is 5.73 Å². The van der Waals surface area contributed by atoms with Crippen molar-refractivity contribution in [1.82, 2.24) is 5.32 Å². The van der Waals surface area contributed by atoms with Gasteiger partial charge in [-0.25, -0.2) is 4.79 Å². The minimum absolute atomic E-state index is 0.356. The summed E-state index contributed by atoms with van der Waals surface area (Å²) in [4.78, 5) is 24.8. The second-order valence-corrected chi connectivity index (χ2v) is 6.15. The van der Waals surface area contributed by atoms with E-state index in [-0.39, 0.29) is 5.91 Å². The molecular weight excluding hydrogens is 314 g/mol. The minimum atomic E-state index is -0.817. The minimum Gasteiger partial charge on any atom is -0.351 e. The number of carbonyl (C=O) groups excluding carboxylic acids is 2. The third-order valence-corrected chi connectivity index (χ3v) is 4.52. The molecule has 1 heterocycles. The van der Waals surface area contributed by atoms with E-state index >= 15 is 0 Å². The molecule has 4 N–H and O–H groups in total. The Kier molecular flexibility index (Phi) is 5.26. The van der Waals surface area contributed by atoms with E-state index in [1.807, 2.05) is 48.5 Å². The molecule has 3 amide bonds. The van der Waals surface area contributed by atoms with Crippen molar-refractivity contribution in [2.75, 3.05) is 13.1 Å². The van der Waals surface area contributed by atoms with E-state index in [9.17, 15) is 9.59 Å². The van der Waals surface area contributed by atoms with Crippen LogP contribution in [0, 0.1) is 0 Å². The van der Waals surface area contributed by atoms with Crippen LogP contribution >= 0.6 is 0 Å². The lowest BCUT2D eigenvalue weighted by Crippen LogP contribution is -3.13.